The molecule has 0 aliphatic carbocycles. The summed E-state index contributed by atoms with van der Waals surface area (Å²) < 4.78 is 5.01. The molecule has 1 aromatic heterocycles. The molecule has 0 spiro atoms. The van der Waals surface area contributed by atoms with Gasteiger partial charge in [0.15, 0.2) is 0 Å². The highest BCUT2D eigenvalue weighted by atomic mass is 16.5. The number of ether oxygens (including phenoxy) is 1. The van der Waals surface area contributed by atoms with E-state index in [1.54, 1.807) is 0 Å². The number of aromatic nitrogens is 1. The molecule has 0 saturated carbocycles. The maximum Gasteiger partial charge on any atom is 0.306 e. The Labute approximate surface area is 149 Å². The number of esters is 1. The van der Waals surface area contributed by atoms with Crippen molar-refractivity contribution in [1.82, 2.24) is 4.98 Å². The molecule has 0 amide bonds. The molecular weight excluding hydrogens is 310 g/mol. The van der Waals surface area contributed by atoms with Crippen LogP contribution in [0.1, 0.15) is 36.5 Å². The van der Waals surface area contributed by atoms with E-state index in [1.807, 2.05) is 6.92 Å². The summed E-state index contributed by atoms with van der Waals surface area (Å²) in [7, 11) is 0. The summed E-state index contributed by atoms with van der Waals surface area (Å²) in [4.78, 5) is 14.9. The Hall–Kier alpha value is -2.55. The summed E-state index contributed by atoms with van der Waals surface area (Å²) >= 11 is 0. The predicted octanol–water partition coefficient (Wildman–Crippen LogP) is 4.84. The lowest BCUT2D eigenvalue weighted by atomic mass is 10.0. The summed E-state index contributed by atoms with van der Waals surface area (Å²) in [5, 5.41) is 1.27. The lowest BCUT2D eigenvalue weighted by Crippen LogP contribution is -2.05. The first-order chi connectivity index (χ1) is 12.3. The summed E-state index contributed by atoms with van der Waals surface area (Å²) in [5.74, 6) is -0.125. The molecule has 1 heterocycles. The molecule has 3 rings (SSSR count). The standard InChI is InChI=1S/C22H25NO2/c1-2-25-22(24)14-12-18-11-13-21-20(15-18)19(16-23-21)10-6-9-17-7-4-3-5-8-17/h3-5,7-8,11,13,15-16,23H,2,6,9-10,12,14H2,1H3. The van der Waals surface area contributed by atoms with Gasteiger partial charge in [-0.2, -0.15) is 0 Å². The van der Waals surface area contributed by atoms with Crippen molar-refractivity contribution in [2.75, 3.05) is 6.61 Å². The third-order valence-electron chi connectivity index (χ3n) is 4.51. The topological polar surface area (TPSA) is 42.1 Å². The Morgan fingerprint density at radius 1 is 1.00 bits per heavy atom. The molecule has 3 aromatic rings. The van der Waals surface area contributed by atoms with Gasteiger partial charge in [-0.3, -0.25) is 4.79 Å². The highest BCUT2D eigenvalue weighted by molar-refractivity contribution is 5.84. The number of H-pyrrole nitrogens is 1. The molecule has 0 aliphatic heterocycles. The number of aryl methyl sites for hydroxylation is 3. The third kappa shape index (κ3) is 4.72. The van der Waals surface area contributed by atoms with Gasteiger partial charge in [-0.15, -0.1) is 0 Å². The quantitative estimate of drug-likeness (QED) is 0.599. The van der Waals surface area contributed by atoms with Crippen LogP contribution in [0.25, 0.3) is 10.9 Å². The fraction of sp³-hybridized carbons (Fsp3) is 0.318. The van der Waals surface area contributed by atoms with E-state index in [4.69, 9.17) is 4.74 Å². The monoisotopic (exact) mass is 335 g/mol. The number of hydrogen-bond acceptors (Lipinski definition) is 2. The van der Waals surface area contributed by atoms with Crippen LogP contribution in [0.4, 0.5) is 0 Å². The SMILES string of the molecule is CCOC(=O)CCc1ccc2[nH]cc(CCCc3ccccc3)c2c1. The fourth-order valence-electron chi connectivity index (χ4n) is 3.20. The molecule has 130 valence electrons. The Balaban J connectivity index is 1.63. The summed E-state index contributed by atoms with van der Waals surface area (Å²) in [6.07, 6.45) is 6.55. The molecule has 0 fully saturated rings. The maximum atomic E-state index is 11.5. The number of benzene rings is 2. The van der Waals surface area contributed by atoms with Gasteiger partial charge in [0.25, 0.3) is 0 Å². The molecular formula is C22H25NO2. The second-order valence-corrected chi connectivity index (χ2v) is 6.34. The maximum absolute atomic E-state index is 11.5. The average molecular weight is 335 g/mol. The first-order valence-electron chi connectivity index (χ1n) is 9.04. The van der Waals surface area contributed by atoms with E-state index < -0.39 is 0 Å². The molecule has 0 atom stereocenters. The molecule has 0 unspecified atom stereocenters. The number of carbonyl (C=O) groups excluding carboxylic acids is 1. The minimum Gasteiger partial charge on any atom is -0.466 e. The second-order valence-electron chi connectivity index (χ2n) is 6.34. The highest BCUT2D eigenvalue weighted by Crippen LogP contribution is 2.22. The number of hydrogen-bond donors (Lipinski definition) is 1. The van der Waals surface area contributed by atoms with Crippen LogP contribution in [-0.4, -0.2) is 17.6 Å². The summed E-state index contributed by atoms with van der Waals surface area (Å²) in [5.41, 5.74) is 5.08. The van der Waals surface area contributed by atoms with Gasteiger partial charge in [-0.25, -0.2) is 0 Å². The van der Waals surface area contributed by atoms with Gasteiger partial charge in [0, 0.05) is 23.5 Å². The van der Waals surface area contributed by atoms with Crippen LogP contribution in [-0.2, 0) is 28.8 Å². The Morgan fingerprint density at radius 2 is 1.84 bits per heavy atom. The minimum atomic E-state index is -0.125. The van der Waals surface area contributed by atoms with Gasteiger partial charge in [-0.1, -0.05) is 36.4 Å². The van der Waals surface area contributed by atoms with Crippen molar-refractivity contribution >= 4 is 16.9 Å². The lowest BCUT2D eigenvalue weighted by Gasteiger charge is -2.04. The van der Waals surface area contributed by atoms with E-state index in [-0.39, 0.29) is 5.97 Å². The normalized spacial score (nSPS) is 10.9. The van der Waals surface area contributed by atoms with Crippen molar-refractivity contribution in [3.05, 3.63) is 71.4 Å². The number of aromatic amines is 1. The van der Waals surface area contributed by atoms with Gasteiger partial charge >= 0.3 is 5.97 Å². The van der Waals surface area contributed by atoms with E-state index in [0.29, 0.717) is 13.0 Å². The first-order valence-corrected chi connectivity index (χ1v) is 9.04. The second kappa shape index (κ2) is 8.52. The number of rotatable bonds is 8. The van der Waals surface area contributed by atoms with Crippen molar-refractivity contribution in [2.24, 2.45) is 0 Å². The van der Waals surface area contributed by atoms with Crippen LogP contribution < -0.4 is 0 Å². The zero-order valence-electron chi connectivity index (χ0n) is 14.8. The fourth-order valence-corrected chi connectivity index (χ4v) is 3.20. The van der Waals surface area contributed by atoms with E-state index in [2.05, 4.69) is 59.7 Å². The molecule has 1 N–H and O–H groups in total. The largest absolute Gasteiger partial charge is 0.466 e. The average Bonchev–Trinajstić information content (AvgIpc) is 3.04. The van der Waals surface area contributed by atoms with Crippen LogP contribution in [0.3, 0.4) is 0 Å². The zero-order valence-corrected chi connectivity index (χ0v) is 14.8. The van der Waals surface area contributed by atoms with Crippen LogP contribution >= 0.6 is 0 Å². The Morgan fingerprint density at radius 3 is 2.64 bits per heavy atom. The summed E-state index contributed by atoms with van der Waals surface area (Å²) in [6.45, 7) is 2.28. The van der Waals surface area contributed by atoms with E-state index in [1.165, 1.54) is 22.1 Å². The minimum absolute atomic E-state index is 0.125. The predicted molar refractivity (Wildman–Crippen MR) is 102 cm³/mol. The van der Waals surface area contributed by atoms with Gasteiger partial charge in [-0.05, 0) is 61.4 Å². The first kappa shape index (κ1) is 17.3. The van der Waals surface area contributed by atoms with Gasteiger partial charge in [0.2, 0.25) is 0 Å². The van der Waals surface area contributed by atoms with Crippen molar-refractivity contribution in [1.29, 1.82) is 0 Å². The van der Waals surface area contributed by atoms with Crippen molar-refractivity contribution in [3.8, 4) is 0 Å². The van der Waals surface area contributed by atoms with E-state index >= 15 is 0 Å². The van der Waals surface area contributed by atoms with Crippen LogP contribution in [0.2, 0.25) is 0 Å². The van der Waals surface area contributed by atoms with E-state index in [9.17, 15) is 4.79 Å². The molecule has 0 radical (unpaired) electrons. The molecule has 25 heavy (non-hydrogen) atoms. The smallest absolute Gasteiger partial charge is 0.306 e. The van der Waals surface area contributed by atoms with E-state index in [0.717, 1.165) is 31.2 Å². The molecule has 0 saturated heterocycles. The molecule has 3 heteroatoms. The van der Waals surface area contributed by atoms with Crippen LogP contribution in [0.5, 0.6) is 0 Å². The molecule has 0 aliphatic rings. The van der Waals surface area contributed by atoms with Crippen LogP contribution in [0.15, 0.2) is 54.7 Å². The van der Waals surface area contributed by atoms with Crippen molar-refractivity contribution < 1.29 is 9.53 Å². The van der Waals surface area contributed by atoms with Gasteiger partial charge in [0.05, 0.1) is 6.61 Å². The molecule has 0 bridgehead atoms. The van der Waals surface area contributed by atoms with Crippen molar-refractivity contribution in [2.45, 2.75) is 39.0 Å². The molecule has 3 nitrogen and oxygen atoms in total. The zero-order chi connectivity index (χ0) is 17.5. The Bertz CT molecular complexity index is 820. The third-order valence-corrected chi connectivity index (χ3v) is 4.51. The number of nitrogens with one attached hydrogen (secondary N) is 1. The number of carbonyl (C=O) groups is 1. The highest BCUT2D eigenvalue weighted by Gasteiger charge is 2.07. The van der Waals surface area contributed by atoms with Crippen molar-refractivity contribution in [3.63, 3.8) is 0 Å². The van der Waals surface area contributed by atoms with Gasteiger partial charge < -0.3 is 9.72 Å². The number of fused-ring (bicyclic) bond motifs is 1. The van der Waals surface area contributed by atoms with Crippen LogP contribution in [0, 0.1) is 0 Å². The van der Waals surface area contributed by atoms with Gasteiger partial charge in [0.1, 0.15) is 0 Å². The summed E-state index contributed by atoms with van der Waals surface area (Å²) in [6, 6.07) is 17.0. The lowest BCUT2D eigenvalue weighted by molar-refractivity contribution is -0.143. The Kier molecular flexibility index (Phi) is 5.89. The molecule has 2 aromatic carbocycles.